The van der Waals surface area contributed by atoms with E-state index in [1.54, 1.807) is 0 Å². The van der Waals surface area contributed by atoms with Gasteiger partial charge in [0.25, 0.3) is 0 Å². The Balaban J connectivity index is 1.63. The first-order valence-electron chi connectivity index (χ1n) is 10.2. The Kier molecular flexibility index (Phi) is 5.83. The van der Waals surface area contributed by atoms with Crippen molar-refractivity contribution in [3.63, 3.8) is 0 Å². The highest BCUT2D eigenvalue weighted by Gasteiger charge is 2.08. The summed E-state index contributed by atoms with van der Waals surface area (Å²) in [5.41, 5.74) is 9.92. The van der Waals surface area contributed by atoms with Gasteiger partial charge in [-0.05, 0) is 48.4 Å². The van der Waals surface area contributed by atoms with Crippen LogP contribution in [0.15, 0.2) is 72.8 Å². The van der Waals surface area contributed by atoms with Gasteiger partial charge in [0.05, 0.1) is 11.2 Å². The van der Waals surface area contributed by atoms with Crippen LogP contribution in [0.4, 0.5) is 5.69 Å². The van der Waals surface area contributed by atoms with Crippen LogP contribution in [0.5, 0.6) is 0 Å². The van der Waals surface area contributed by atoms with Crippen LogP contribution >= 0.6 is 0 Å². The van der Waals surface area contributed by atoms with Gasteiger partial charge in [-0.3, -0.25) is 0 Å². The number of nitrogens with zero attached hydrogens (tertiary/aromatic N) is 1. The minimum atomic E-state index is 0.789. The van der Waals surface area contributed by atoms with Crippen molar-refractivity contribution in [3.8, 4) is 11.3 Å². The lowest BCUT2D eigenvalue weighted by Gasteiger charge is -2.13. The number of pyridine rings is 1. The number of nitrogens with two attached hydrogens (primary N) is 1. The quantitative estimate of drug-likeness (QED) is 0.375. The summed E-state index contributed by atoms with van der Waals surface area (Å²) in [4.78, 5) is 4.93. The zero-order valence-corrected chi connectivity index (χ0v) is 16.2. The van der Waals surface area contributed by atoms with Crippen LogP contribution in [0.1, 0.15) is 25.7 Å². The van der Waals surface area contributed by atoms with E-state index in [1.807, 2.05) is 0 Å². The van der Waals surface area contributed by atoms with E-state index in [0.717, 1.165) is 48.4 Å². The lowest BCUT2D eigenvalue weighted by atomic mass is 10.0. The molecule has 0 bridgehead atoms. The van der Waals surface area contributed by atoms with Crippen LogP contribution < -0.4 is 11.1 Å². The lowest BCUT2D eigenvalue weighted by Crippen LogP contribution is -2.04. The maximum absolute atomic E-state index is 5.58. The average molecular weight is 370 g/mol. The van der Waals surface area contributed by atoms with Crippen molar-refractivity contribution in [2.45, 2.75) is 25.7 Å². The highest BCUT2D eigenvalue weighted by molar-refractivity contribution is 5.95. The second kappa shape index (κ2) is 8.85. The second-order valence-electron chi connectivity index (χ2n) is 7.26. The van der Waals surface area contributed by atoms with Crippen LogP contribution in [-0.4, -0.2) is 18.1 Å². The molecule has 0 saturated heterocycles. The van der Waals surface area contributed by atoms with Gasteiger partial charge >= 0.3 is 0 Å². The third-order valence-electron chi connectivity index (χ3n) is 5.21. The van der Waals surface area contributed by atoms with Crippen molar-refractivity contribution in [3.05, 3.63) is 72.8 Å². The largest absolute Gasteiger partial charge is 0.384 e. The molecule has 0 atom stereocenters. The van der Waals surface area contributed by atoms with E-state index in [9.17, 15) is 0 Å². The number of unbranched alkanes of at least 4 members (excludes halogenated alkanes) is 3. The van der Waals surface area contributed by atoms with Crippen molar-refractivity contribution in [2.24, 2.45) is 5.73 Å². The Morgan fingerprint density at radius 1 is 0.750 bits per heavy atom. The van der Waals surface area contributed by atoms with E-state index < -0.39 is 0 Å². The van der Waals surface area contributed by atoms with Crippen molar-refractivity contribution in [1.29, 1.82) is 0 Å². The molecule has 4 rings (SSSR count). The number of hydrogen-bond donors (Lipinski definition) is 2. The number of nitrogens with one attached hydrogen (secondary N) is 1. The summed E-state index contributed by atoms with van der Waals surface area (Å²) in [7, 11) is 0. The van der Waals surface area contributed by atoms with E-state index in [4.69, 9.17) is 10.7 Å². The molecule has 1 heterocycles. The average Bonchev–Trinajstić information content (AvgIpc) is 2.75. The second-order valence-corrected chi connectivity index (χ2v) is 7.26. The van der Waals surface area contributed by atoms with Gasteiger partial charge in [0.2, 0.25) is 0 Å². The normalized spacial score (nSPS) is 11.2. The smallest absolute Gasteiger partial charge is 0.0730 e. The predicted molar refractivity (Wildman–Crippen MR) is 121 cm³/mol. The van der Waals surface area contributed by atoms with Crippen LogP contribution in [0.3, 0.4) is 0 Å². The van der Waals surface area contributed by atoms with Crippen LogP contribution in [0, 0.1) is 0 Å². The molecule has 0 radical (unpaired) electrons. The van der Waals surface area contributed by atoms with Crippen LogP contribution in [-0.2, 0) is 0 Å². The minimum absolute atomic E-state index is 0.789. The highest BCUT2D eigenvalue weighted by atomic mass is 14.9. The van der Waals surface area contributed by atoms with Gasteiger partial charge in [-0.1, -0.05) is 67.4 Å². The fourth-order valence-corrected chi connectivity index (χ4v) is 3.66. The first-order chi connectivity index (χ1) is 13.8. The number of para-hydroxylation sites is 1. The van der Waals surface area contributed by atoms with Crippen molar-refractivity contribution < 1.29 is 0 Å². The zero-order chi connectivity index (χ0) is 19.2. The molecular formula is C25H27N3. The first-order valence-corrected chi connectivity index (χ1v) is 10.2. The molecule has 3 aromatic carbocycles. The van der Waals surface area contributed by atoms with E-state index in [2.05, 4.69) is 78.1 Å². The molecule has 1 aromatic heterocycles. The van der Waals surface area contributed by atoms with E-state index in [-0.39, 0.29) is 0 Å². The molecule has 142 valence electrons. The fourth-order valence-electron chi connectivity index (χ4n) is 3.66. The molecule has 3 nitrogen and oxygen atoms in total. The minimum Gasteiger partial charge on any atom is -0.384 e. The number of hydrogen-bond acceptors (Lipinski definition) is 3. The van der Waals surface area contributed by atoms with Gasteiger partial charge in [0, 0.05) is 23.2 Å². The standard InChI is InChI=1S/C25H27N3/c26-15-7-1-2-8-16-27-25-18-24(28-23-12-6-5-11-22(23)25)21-14-13-19-9-3-4-10-20(19)17-21/h3-6,9-14,17-18H,1-2,7-8,15-16,26H2,(H,27,28). The van der Waals surface area contributed by atoms with Crippen molar-refractivity contribution >= 4 is 27.4 Å². The van der Waals surface area contributed by atoms with Crippen LogP contribution in [0.25, 0.3) is 32.9 Å². The van der Waals surface area contributed by atoms with Gasteiger partial charge in [-0.2, -0.15) is 0 Å². The van der Waals surface area contributed by atoms with Gasteiger partial charge in [-0.15, -0.1) is 0 Å². The summed E-state index contributed by atoms with van der Waals surface area (Å²) in [5.74, 6) is 0. The first kappa shape index (κ1) is 18.5. The number of rotatable bonds is 8. The topological polar surface area (TPSA) is 50.9 Å². The van der Waals surface area contributed by atoms with Gasteiger partial charge in [0.1, 0.15) is 0 Å². The molecule has 0 fully saturated rings. The molecule has 0 spiro atoms. The summed E-state index contributed by atoms with van der Waals surface area (Å²) in [6.07, 6.45) is 4.69. The summed E-state index contributed by atoms with van der Waals surface area (Å²) >= 11 is 0. The van der Waals surface area contributed by atoms with Gasteiger partial charge in [0.15, 0.2) is 0 Å². The number of fused-ring (bicyclic) bond motifs is 2. The molecular weight excluding hydrogens is 342 g/mol. The molecule has 0 unspecified atom stereocenters. The monoisotopic (exact) mass is 369 g/mol. The molecule has 0 saturated carbocycles. The molecule has 0 aliphatic rings. The molecule has 0 amide bonds. The Morgan fingerprint density at radius 2 is 1.54 bits per heavy atom. The molecule has 0 aliphatic carbocycles. The van der Waals surface area contributed by atoms with Crippen LogP contribution in [0.2, 0.25) is 0 Å². The molecule has 0 aliphatic heterocycles. The molecule has 3 N–H and O–H groups in total. The predicted octanol–water partition coefficient (Wildman–Crippen LogP) is 5.99. The summed E-state index contributed by atoms with van der Waals surface area (Å²) < 4.78 is 0. The van der Waals surface area contributed by atoms with Crippen molar-refractivity contribution in [2.75, 3.05) is 18.4 Å². The highest BCUT2D eigenvalue weighted by Crippen LogP contribution is 2.30. The molecule has 3 heteroatoms. The Hall–Kier alpha value is -2.91. The van der Waals surface area contributed by atoms with Gasteiger partial charge in [-0.25, -0.2) is 4.98 Å². The molecule has 4 aromatic rings. The third kappa shape index (κ3) is 4.15. The van der Waals surface area contributed by atoms with E-state index in [0.29, 0.717) is 0 Å². The zero-order valence-electron chi connectivity index (χ0n) is 16.2. The summed E-state index contributed by atoms with van der Waals surface area (Å²) in [5, 5.41) is 7.31. The summed E-state index contributed by atoms with van der Waals surface area (Å²) in [6, 6.07) is 25.6. The Morgan fingerprint density at radius 3 is 2.43 bits per heavy atom. The maximum Gasteiger partial charge on any atom is 0.0730 e. The van der Waals surface area contributed by atoms with Gasteiger partial charge < -0.3 is 11.1 Å². The molecule has 28 heavy (non-hydrogen) atoms. The number of aromatic nitrogens is 1. The van der Waals surface area contributed by atoms with Crippen molar-refractivity contribution in [1.82, 2.24) is 4.98 Å². The number of benzene rings is 3. The Bertz CT molecular complexity index is 1070. The SMILES string of the molecule is NCCCCCCNc1cc(-c2ccc3ccccc3c2)nc2ccccc12. The maximum atomic E-state index is 5.58. The Labute approximate surface area is 166 Å². The van der Waals surface area contributed by atoms with E-state index in [1.165, 1.54) is 29.0 Å². The lowest BCUT2D eigenvalue weighted by molar-refractivity contribution is 0.661. The summed E-state index contributed by atoms with van der Waals surface area (Å²) in [6.45, 7) is 1.76. The number of anilines is 1. The fraction of sp³-hybridized carbons (Fsp3) is 0.240. The van der Waals surface area contributed by atoms with E-state index >= 15 is 0 Å². The third-order valence-corrected chi connectivity index (χ3v) is 5.21.